The van der Waals surface area contributed by atoms with Gasteiger partial charge in [0.15, 0.2) is 0 Å². The molecular formula is C47H37N. The number of aryl methyl sites for hydroxylation is 3. The minimum atomic E-state index is 1.16. The van der Waals surface area contributed by atoms with E-state index < -0.39 is 0 Å². The third kappa shape index (κ3) is 4.95. The van der Waals surface area contributed by atoms with E-state index in [0.29, 0.717) is 0 Å². The van der Waals surface area contributed by atoms with Crippen molar-refractivity contribution in [3.8, 4) is 22.3 Å². The Bertz CT molecular complexity index is 2450. The lowest BCUT2D eigenvalue weighted by Gasteiger charge is -2.29. The summed E-state index contributed by atoms with van der Waals surface area (Å²) in [6.07, 6.45) is 4.90. The van der Waals surface area contributed by atoms with Gasteiger partial charge in [-0.1, -0.05) is 121 Å². The summed E-state index contributed by atoms with van der Waals surface area (Å²) >= 11 is 0. The topological polar surface area (TPSA) is 3.24 Å². The van der Waals surface area contributed by atoms with Crippen molar-refractivity contribution in [3.63, 3.8) is 0 Å². The standard InChI is InChI=1S/C47H37N/c1-32-29-36-12-2-3-13-37(36)31-47(32)48(39-25-21-34(22-26-39)42-20-10-15-33-11-4-6-16-41(33)42)40-27-23-35(24-28-40)46-30-38-14-5-7-17-43(38)44-18-8-9-19-45(44)46/h4-11,14-31H,2-3,12-13H2,1H3. The molecule has 0 heterocycles. The first-order valence-electron chi connectivity index (χ1n) is 17.2. The summed E-state index contributed by atoms with van der Waals surface area (Å²) in [6.45, 7) is 2.28. The van der Waals surface area contributed by atoms with Crippen molar-refractivity contribution in [1.29, 1.82) is 0 Å². The van der Waals surface area contributed by atoms with E-state index in [0.717, 1.165) is 6.42 Å². The molecular weight excluding hydrogens is 579 g/mol. The summed E-state index contributed by atoms with van der Waals surface area (Å²) in [5.41, 5.74) is 12.9. The number of rotatable bonds is 5. The molecule has 0 saturated carbocycles. The molecule has 1 heteroatoms. The van der Waals surface area contributed by atoms with Crippen molar-refractivity contribution in [2.45, 2.75) is 32.6 Å². The molecule has 0 atom stereocenters. The molecule has 0 bridgehead atoms. The van der Waals surface area contributed by atoms with Crippen LogP contribution in [0.3, 0.4) is 0 Å². The molecule has 0 spiro atoms. The second kappa shape index (κ2) is 11.9. The second-order valence-corrected chi connectivity index (χ2v) is 13.3. The van der Waals surface area contributed by atoms with Crippen LogP contribution < -0.4 is 4.90 Å². The maximum atomic E-state index is 2.47. The zero-order valence-electron chi connectivity index (χ0n) is 27.3. The Morgan fingerprint density at radius 2 is 0.958 bits per heavy atom. The lowest BCUT2D eigenvalue weighted by molar-refractivity contribution is 0.685. The van der Waals surface area contributed by atoms with Crippen LogP contribution in [0.4, 0.5) is 17.1 Å². The molecule has 1 nitrogen and oxygen atoms in total. The minimum absolute atomic E-state index is 1.16. The molecule has 9 rings (SSSR count). The van der Waals surface area contributed by atoms with Crippen LogP contribution in [0.1, 0.15) is 29.5 Å². The van der Waals surface area contributed by atoms with Crippen molar-refractivity contribution in [1.82, 2.24) is 0 Å². The van der Waals surface area contributed by atoms with E-state index in [4.69, 9.17) is 0 Å². The molecule has 48 heavy (non-hydrogen) atoms. The average Bonchev–Trinajstić information content (AvgIpc) is 3.15. The van der Waals surface area contributed by atoms with Gasteiger partial charge in [0.25, 0.3) is 0 Å². The fourth-order valence-corrected chi connectivity index (χ4v) is 7.91. The van der Waals surface area contributed by atoms with Crippen LogP contribution in [-0.4, -0.2) is 0 Å². The molecule has 8 aromatic carbocycles. The largest absolute Gasteiger partial charge is 0.310 e. The highest BCUT2D eigenvalue weighted by Crippen LogP contribution is 2.42. The van der Waals surface area contributed by atoms with E-state index in [2.05, 4.69) is 170 Å². The van der Waals surface area contributed by atoms with E-state index in [9.17, 15) is 0 Å². The van der Waals surface area contributed by atoms with Gasteiger partial charge in [-0.25, -0.2) is 0 Å². The van der Waals surface area contributed by atoms with E-state index >= 15 is 0 Å². The molecule has 230 valence electrons. The molecule has 0 aliphatic heterocycles. The van der Waals surface area contributed by atoms with E-state index in [1.807, 2.05) is 0 Å². The molecule has 0 saturated heterocycles. The minimum Gasteiger partial charge on any atom is -0.310 e. The first-order chi connectivity index (χ1) is 23.7. The summed E-state index contributed by atoms with van der Waals surface area (Å²) in [5, 5.41) is 7.71. The number of nitrogens with zero attached hydrogens (tertiary/aromatic N) is 1. The lowest BCUT2D eigenvalue weighted by Crippen LogP contribution is -2.13. The molecule has 1 aliphatic rings. The van der Waals surface area contributed by atoms with Gasteiger partial charge in [-0.2, -0.15) is 0 Å². The average molecular weight is 616 g/mol. The maximum Gasteiger partial charge on any atom is 0.0493 e. The summed E-state index contributed by atoms with van der Waals surface area (Å²) < 4.78 is 0. The fourth-order valence-electron chi connectivity index (χ4n) is 7.91. The predicted molar refractivity (Wildman–Crippen MR) is 206 cm³/mol. The molecule has 0 radical (unpaired) electrons. The predicted octanol–water partition coefficient (Wildman–Crippen LogP) is 13.1. The molecule has 1 aliphatic carbocycles. The van der Waals surface area contributed by atoms with E-state index in [1.54, 1.807) is 0 Å². The van der Waals surface area contributed by atoms with Crippen LogP contribution in [0.15, 0.2) is 158 Å². The van der Waals surface area contributed by atoms with Gasteiger partial charge in [0.1, 0.15) is 0 Å². The monoisotopic (exact) mass is 615 g/mol. The summed E-state index contributed by atoms with van der Waals surface area (Å²) in [5.74, 6) is 0. The normalized spacial score (nSPS) is 12.8. The summed E-state index contributed by atoms with van der Waals surface area (Å²) in [6, 6.07) is 58.4. The number of hydrogen-bond acceptors (Lipinski definition) is 1. The van der Waals surface area contributed by atoms with Gasteiger partial charge in [-0.15, -0.1) is 0 Å². The number of fused-ring (bicyclic) bond motifs is 5. The Balaban J connectivity index is 1.17. The molecule has 0 aromatic heterocycles. The fraction of sp³-hybridized carbons (Fsp3) is 0.106. The van der Waals surface area contributed by atoms with E-state index in [1.165, 1.54) is 108 Å². The first-order valence-corrected chi connectivity index (χ1v) is 17.2. The highest BCUT2D eigenvalue weighted by atomic mass is 15.1. The first kappa shape index (κ1) is 28.6. The van der Waals surface area contributed by atoms with Crippen LogP contribution in [0.25, 0.3) is 54.6 Å². The van der Waals surface area contributed by atoms with Crippen molar-refractivity contribution in [2.75, 3.05) is 4.90 Å². The highest BCUT2D eigenvalue weighted by Gasteiger charge is 2.20. The van der Waals surface area contributed by atoms with Crippen molar-refractivity contribution < 1.29 is 0 Å². The van der Waals surface area contributed by atoms with Crippen molar-refractivity contribution in [2.24, 2.45) is 0 Å². The van der Waals surface area contributed by atoms with Crippen LogP contribution in [0, 0.1) is 6.92 Å². The smallest absolute Gasteiger partial charge is 0.0493 e. The Kier molecular flexibility index (Phi) is 7.05. The second-order valence-electron chi connectivity index (χ2n) is 13.3. The van der Waals surface area contributed by atoms with Gasteiger partial charge in [0.05, 0.1) is 0 Å². The zero-order valence-corrected chi connectivity index (χ0v) is 27.3. The van der Waals surface area contributed by atoms with Crippen molar-refractivity contribution >= 4 is 49.4 Å². The van der Waals surface area contributed by atoms with Crippen LogP contribution >= 0.6 is 0 Å². The van der Waals surface area contributed by atoms with Crippen LogP contribution in [0.5, 0.6) is 0 Å². The van der Waals surface area contributed by atoms with Gasteiger partial charge < -0.3 is 4.90 Å². The highest BCUT2D eigenvalue weighted by molar-refractivity contribution is 6.13. The Labute approximate surface area is 282 Å². The van der Waals surface area contributed by atoms with Gasteiger partial charge in [0.2, 0.25) is 0 Å². The van der Waals surface area contributed by atoms with Gasteiger partial charge >= 0.3 is 0 Å². The Morgan fingerprint density at radius 1 is 0.417 bits per heavy atom. The van der Waals surface area contributed by atoms with Gasteiger partial charge in [0, 0.05) is 17.1 Å². The number of hydrogen-bond donors (Lipinski definition) is 0. The maximum absolute atomic E-state index is 2.47. The SMILES string of the molecule is Cc1cc2c(cc1N(c1ccc(-c3cccc4ccccc34)cc1)c1ccc(-c3cc4ccccc4c4ccccc34)cc1)CCCC2. The zero-order chi connectivity index (χ0) is 32.0. The quantitative estimate of drug-likeness (QED) is 0.174. The lowest BCUT2D eigenvalue weighted by atomic mass is 9.89. The van der Waals surface area contributed by atoms with Crippen LogP contribution in [-0.2, 0) is 12.8 Å². The van der Waals surface area contributed by atoms with E-state index in [-0.39, 0.29) is 0 Å². The molecule has 0 N–H and O–H groups in total. The molecule has 0 amide bonds. The Hall–Kier alpha value is -5.66. The summed E-state index contributed by atoms with van der Waals surface area (Å²) in [4.78, 5) is 2.46. The van der Waals surface area contributed by atoms with Gasteiger partial charge in [-0.05, 0) is 140 Å². The third-order valence-corrected chi connectivity index (χ3v) is 10.3. The van der Waals surface area contributed by atoms with Crippen molar-refractivity contribution in [3.05, 3.63) is 174 Å². The third-order valence-electron chi connectivity index (χ3n) is 10.3. The Morgan fingerprint density at radius 3 is 1.67 bits per heavy atom. The summed E-state index contributed by atoms with van der Waals surface area (Å²) in [7, 11) is 0. The number of benzene rings is 8. The van der Waals surface area contributed by atoms with Gasteiger partial charge in [-0.3, -0.25) is 0 Å². The van der Waals surface area contributed by atoms with Crippen LogP contribution in [0.2, 0.25) is 0 Å². The molecule has 8 aromatic rings. The molecule has 0 unspecified atom stereocenters. The molecule has 0 fully saturated rings. The number of anilines is 3.